The first kappa shape index (κ1) is 17.2. The van der Waals surface area contributed by atoms with Crippen molar-refractivity contribution < 1.29 is 0 Å². The van der Waals surface area contributed by atoms with E-state index in [0.29, 0.717) is 0 Å². The van der Waals surface area contributed by atoms with Crippen molar-refractivity contribution in [3.8, 4) is 0 Å². The zero-order valence-corrected chi connectivity index (χ0v) is 14.9. The van der Waals surface area contributed by atoms with Gasteiger partial charge in [0, 0.05) is 0 Å². The van der Waals surface area contributed by atoms with Crippen LogP contribution in [0.3, 0.4) is 0 Å². The summed E-state index contributed by atoms with van der Waals surface area (Å²) in [7, 11) is 0. The third kappa shape index (κ3) is 15.2. The van der Waals surface area contributed by atoms with Gasteiger partial charge in [0.25, 0.3) is 0 Å². The first-order chi connectivity index (χ1) is 7.31. The topological polar surface area (TPSA) is 0 Å². The van der Waals surface area contributed by atoms with Gasteiger partial charge in [-0.15, -0.1) is 0 Å². The van der Waals surface area contributed by atoms with Gasteiger partial charge in [0.15, 0.2) is 0 Å². The second-order valence-corrected chi connectivity index (χ2v) is 23.5. The van der Waals surface area contributed by atoms with E-state index in [1.165, 1.54) is 63.9 Å². The minimum atomic E-state index is -1.23. The second-order valence-electron chi connectivity index (χ2n) is 6.47. The van der Waals surface area contributed by atoms with Crippen LogP contribution < -0.4 is 0 Å². The van der Waals surface area contributed by atoms with Gasteiger partial charge in [-0.05, 0) is 0 Å². The Hall–Kier alpha value is 1.16. The zero-order chi connectivity index (χ0) is 12.5. The molecule has 0 saturated carbocycles. The molecular weight excluding hydrogens is 326 g/mol. The summed E-state index contributed by atoms with van der Waals surface area (Å²) in [6.07, 6.45) is 14.5. The van der Waals surface area contributed by atoms with Crippen molar-refractivity contribution >= 4 is 26.3 Å². The van der Waals surface area contributed by atoms with E-state index in [-0.39, 0.29) is 0 Å². The monoisotopic (exact) mass is 358 g/mol. The predicted molar refractivity (Wildman–Crippen MR) is 90.8 cm³/mol. The van der Waals surface area contributed by atoms with Gasteiger partial charge in [-0.2, -0.15) is 0 Å². The number of halogens is 1. The SMILES string of the molecule is CCCCCCCCCCCP(C)(C)(C)I. The van der Waals surface area contributed by atoms with Crippen LogP contribution >= 0.6 is 26.3 Å². The molecule has 0 aromatic heterocycles. The van der Waals surface area contributed by atoms with Crippen molar-refractivity contribution in [2.75, 3.05) is 26.2 Å². The van der Waals surface area contributed by atoms with Gasteiger partial charge in [0.05, 0.1) is 0 Å². The summed E-state index contributed by atoms with van der Waals surface area (Å²) < 4.78 is -1.23. The second kappa shape index (κ2) is 8.29. The third-order valence-corrected chi connectivity index (χ3v) is 6.29. The van der Waals surface area contributed by atoms with Crippen LogP contribution in [0.4, 0.5) is 0 Å². The van der Waals surface area contributed by atoms with Crippen LogP contribution in [0.15, 0.2) is 0 Å². The average Bonchev–Trinajstić information content (AvgIpc) is 2.12. The van der Waals surface area contributed by atoms with Crippen molar-refractivity contribution in [2.24, 2.45) is 0 Å². The molecule has 0 atom stereocenters. The third-order valence-electron chi connectivity index (χ3n) is 3.02. The van der Waals surface area contributed by atoms with Crippen LogP contribution in [0.1, 0.15) is 64.7 Å². The Morgan fingerprint density at radius 2 is 1.06 bits per heavy atom. The molecule has 16 heavy (non-hydrogen) atoms. The Balaban J connectivity index is 3.17. The Bertz CT molecular complexity index is 160. The van der Waals surface area contributed by atoms with E-state index in [1.54, 1.807) is 0 Å². The number of rotatable bonds is 10. The zero-order valence-electron chi connectivity index (χ0n) is 11.9. The summed E-state index contributed by atoms with van der Waals surface area (Å²) in [6, 6.07) is 0. The summed E-state index contributed by atoms with van der Waals surface area (Å²) in [5.41, 5.74) is 0. The molecule has 0 aliphatic rings. The maximum absolute atomic E-state index is 2.72. The fourth-order valence-corrected chi connectivity index (χ4v) is 4.27. The molecule has 0 unspecified atom stereocenters. The Kier molecular flexibility index (Phi) is 8.90. The molecule has 0 aromatic rings. The first-order valence-corrected chi connectivity index (χ1v) is 13.6. The molecule has 0 aliphatic carbocycles. The molecule has 0 saturated heterocycles. The van der Waals surface area contributed by atoms with E-state index >= 15 is 0 Å². The van der Waals surface area contributed by atoms with Gasteiger partial charge >= 0.3 is 117 Å². The van der Waals surface area contributed by atoms with Crippen LogP contribution in [0.25, 0.3) is 0 Å². The van der Waals surface area contributed by atoms with Crippen LogP contribution in [0, 0.1) is 0 Å². The molecule has 0 aliphatic heterocycles. The van der Waals surface area contributed by atoms with E-state index in [1.807, 2.05) is 0 Å². The van der Waals surface area contributed by atoms with Crippen molar-refractivity contribution in [1.29, 1.82) is 0 Å². The molecule has 0 nitrogen and oxygen atoms in total. The van der Waals surface area contributed by atoms with Crippen LogP contribution in [0.5, 0.6) is 0 Å². The van der Waals surface area contributed by atoms with Gasteiger partial charge < -0.3 is 0 Å². The Morgan fingerprint density at radius 3 is 1.44 bits per heavy atom. The summed E-state index contributed by atoms with van der Waals surface area (Å²) in [5, 5.41) is 0. The Morgan fingerprint density at radius 1 is 0.688 bits per heavy atom. The quantitative estimate of drug-likeness (QED) is 0.244. The molecule has 0 aromatic carbocycles. The van der Waals surface area contributed by atoms with Crippen LogP contribution in [0.2, 0.25) is 0 Å². The molecule has 0 spiro atoms. The average molecular weight is 358 g/mol. The van der Waals surface area contributed by atoms with E-state index in [4.69, 9.17) is 0 Å². The van der Waals surface area contributed by atoms with E-state index < -0.39 is 4.25 Å². The molecule has 2 heteroatoms. The molecule has 0 fully saturated rings. The molecule has 0 amide bonds. The Labute approximate surface area is 117 Å². The van der Waals surface area contributed by atoms with E-state index in [9.17, 15) is 0 Å². The summed E-state index contributed by atoms with van der Waals surface area (Å²) in [5.74, 6) is 0. The standard InChI is InChI=1S/C14H32IP/c1-5-6-7-8-9-10-11-12-13-14-16(2,3,4)15/h5-14H2,1-4H3. The fraction of sp³-hybridized carbons (Fsp3) is 1.00. The van der Waals surface area contributed by atoms with Gasteiger partial charge in [0.1, 0.15) is 0 Å². The number of unbranched alkanes of at least 4 members (excludes halogenated alkanes) is 8. The molecule has 0 bridgehead atoms. The fourth-order valence-electron chi connectivity index (χ4n) is 1.96. The summed E-state index contributed by atoms with van der Waals surface area (Å²) in [6.45, 7) is 9.74. The van der Waals surface area contributed by atoms with Crippen LogP contribution in [-0.4, -0.2) is 26.2 Å². The van der Waals surface area contributed by atoms with Gasteiger partial charge in [0.2, 0.25) is 0 Å². The normalized spacial score (nSPS) is 14.7. The molecule has 0 heterocycles. The van der Waals surface area contributed by atoms with Crippen molar-refractivity contribution in [3.63, 3.8) is 0 Å². The number of hydrogen-bond acceptors (Lipinski definition) is 0. The predicted octanol–water partition coefficient (Wildman–Crippen LogP) is 6.31. The van der Waals surface area contributed by atoms with Gasteiger partial charge in [-0.1, -0.05) is 0 Å². The molecular formula is C14H32IP. The molecule has 0 N–H and O–H groups in total. The minimum absolute atomic E-state index is 1.23. The molecule has 0 rings (SSSR count). The maximum atomic E-state index is 2.72. The van der Waals surface area contributed by atoms with Gasteiger partial charge in [-0.25, -0.2) is 0 Å². The first-order valence-electron chi connectivity index (χ1n) is 7.03. The van der Waals surface area contributed by atoms with E-state index in [2.05, 4.69) is 49.0 Å². The molecule has 0 radical (unpaired) electrons. The van der Waals surface area contributed by atoms with Crippen LogP contribution in [-0.2, 0) is 0 Å². The van der Waals surface area contributed by atoms with E-state index in [0.717, 1.165) is 0 Å². The number of hydrogen-bond donors (Lipinski definition) is 0. The van der Waals surface area contributed by atoms with Crippen molar-refractivity contribution in [3.05, 3.63) is 0 Å². The summed E-state index contributed by atoms with van der Waals surface area (Å²) in [4.78, 5) is 0. The summed E-state index contributed by atoms with van der Waals surface area (Å²) >= 11 is 2.72. The van der Waals surface area contributed by atoms with Crippen molar-refractivity contribution in [1.82, 2.24) is 0 Å². The molecule has 100 valence electrons. The van der Waals surface area contributed by atoms with Crippen molar-refractivity contribution in [2.45, 2.75) is 64.7 Å². The van der Waals surface area contributed by atoms with Gasteiger partial charge in [-0.3, -0.25) is 0 Å².